The molecule has 0 radical (unpaired) electrons. The Balaban J connectivity index is 4.32. The Bertz CT molecular complexity index is 270. The molecule has 0 rings (SSSR count). The zero-order valence-electron chi connectivity index (χ0n) is 8.99. The van der Waals surface area contributed by atoms with Crippen molar-refractivity contribution in [3.05, 3.63) is 0 Å². The van der Waals surface area contributed by atoms with Crippen LogP contribution in [0.2, 0.25) is 0 Å². The Morgan fingerprint density at radius 2 is 2.13 bits per heavy atom. The van der Waals surface area contributed by atoms with Gasteiger partial charge in [-0.05, 0) is 13.3 Å². The maximum Gasteiger partial charge on any atom is 0.326 e. The molecular formula is C10H16N2O3. The number of amides is 2. The van der Waals surface area contributed by atoms with Crippen molar-refractivity contribution in [1.29, 1.82) is 0 Å². The molecule has 5 heteroatoms. The average molecular weight is 212 g/mol. The Kier molecular flexibility index (Phi) is 5.95. The van der Waals surface area contributed by atoms with E-state index >= 15 is 0 Å². The highest BCUT2D eigenvalue weighted by atomic mass is 16.4. The van der Waals surface area contributed by atoms with Crippen LogP contribution in [0, 0.1) is 12.3 Å². The fourth-order valence-electron chi connectivity index (χ4n) is 1.02. The van der Waals surface area contributed by atoms with E-state index in [-0.39, 0.29) is 6.54 Å². The molecule has 5 nitrogen and oxygen atoms in total. The predicted molar refractivity (Wildman–Crippen MR) is 56.3 cm³/mol. The molecule has 0 spiro atoms. The quantitative estimate of drug-likeness (QED) is 0.652. The van der Waals surface area contributed by atoms with E-state index in [4.69, 9.17) is 11.5 Å². The molecule has 2 N–H and O–H groups in total. The number of rotatable bonds is 5. The minimum Gasteiger partial charge on any atom is -0.480 e. The van der Waals surface area contributed by atoms with E-state index in [1.807, 2.05) is 0 Å². The van der Waals surface area contributed by atoms with Gasteiger partial charge in [-0.15, -0.1) is 6.42 Å². The van der Waals surface area contributed by atoms with Gasteiger partial charge in [0, 0.05) is 6.54 Å². The van der Waals surface area contributed by atoms with E-state index in [1.54, 1.807) is 13.8 Å². The van der Waals surface area contributed by atoms with Crippen molar-refractivity contribution in [3.63, 3.8) is 0 Å². The summed E-state index contributed by atoms with van der Waals surface area (Å²) in [5.41, 5.74) is 0. The van der Waals surface area contributed by atoms with Crippen LogP contribution in [-0.2, 0) is 4.79 Å². The van der Waals surface area contributed by atoms with Crippen LogP contribution in [0.4, 0.5) is 4.79 Å². The van der Waals surface area contributed by atoms with Gasteiger partial charge in [-0.2, -0.15) is 0 Å². The Labute approximate surface area is 89.4 Å². The van der Waals surface area contributed by atoms with Gasteiger partial charge in [-0.25, -0.2) is 9.59 Å². The topological polar surface area (TPSA) is 69.6 Å². The fourth-order valence-corrected chi connectivity index (χ4v) is 1.02. The van der Waals surface area contributed by atoms with E-state index in [1.165, 1.54) is 4.90 Å². The monoisotopic (exact) mass is 212 g/mol. The average Bonchev–Trinajstić information content (AvgIpc) is 2.21. The first-order valence-corrected chi connectivity index (χ1v) is 4.78. The molecule has 0 saturated heterocycles. The molecule has 0 saturated carbocycles. The molecular weight excluding hydrogens is 196 g/mol. The molecule has 84 valence electrons. The number of urea groups is 1. The lowest BCUT2D eigenvalue weighted by Gasteiger charge is -2.21. The first kappa shape index (κ1) is 13.3. The molecule has 0 aliphatic heterocycles. The Morgan fingerprint density at radius 1 is 1.53 bits per heavy atom. The van der Waals surface area contributed by atoms with Crippen molar-refractivity contribution in [2.45, 2.75) is 26.3 Å². The number of hydrogen-bond donors (Lipinski definition) is 2. The van der Waals surface area contributed by atoms with Crippen LogP contribution in [0.25, 0.3) is 0 Å². The van der Waals surface area contributed by atoms with Gasteiger partial charge >= 0.3 is 12.0 Å². The fraction of sp³-hybridized carbons (Fsp3) is 0.600. The van der Waals surface area contributed by atoms with E-state index < -0.39 is 18.0 Å². The van der Waals surface area contributed by atoms with Gasteiger partial charge < -0.3 is 15.3 Å². The second-order valence-electron chi connectivity index (χ2n) is 2.97. The molecule has 0 aliphatic carbocycles. The number of carbonyl (C=O) groups excluding carboxylic acids is 1. The predicted octanol–water partition coefficient (Wildman–Crippen LogP) is 0.514. The van der Waals surface area contributed by atoms with Crippen LogP contribution < -0.4 is 5.32 Å². The summed E-state index contributed by atoms with van der Waals surface area (Å²) in [4.78, 5) is 23.5. The zero-order chi connectivity index (χ0) is 11.8. The second kappa shape index (κ2) is 6.71. The lowest BCUT2D eigenvalue weighted by Crippen LogP contribution is -2.47. The minimum absolute atomic E-state index is 0.179. The number of nitrogens with one attached hydrogen (secondary N) is 1. The summed E-state index contributed by atoms with van der Waals surface area (Å²) >= 11 is 0. The van der Waals surface area contributed by atoms with E-state index in [9.17, 15) is 9.59 Å². The van der Waals surface area contributed by atoms with Crippen molar-refractivity contribution in [2.75, 3.05) is 13.1 Å². The maximum atomic E-state index is 11.5. The van der Waals surface area contributed by atoms with Crippen molar-refractivity contribution in [1.82, 2.24) is 10.2 Å². The number of nitrogens with zero attached hydrogens (tertiary/aromatic N) is 1. The van der Waals surface area contributed by atoms with E-state index in [2.05, 4.69) is 11.2 Å². The lowest BCUT2D eigenvalue weighted by molar-refractivity contribution is -0.139. The largest absolute Gasteiger partial charge is 0.480 e. The molecule has 0 aromatic carbocycles. The van der Waals surface area contributed by atoms with Crippen LogP contribution in [0.3, 0.4) is 0 Å². The van der Waals surface area contributed by atoms with Gasteiger partial charge in [0.15, 0.2) is 0 Å². The number of carboxylic acids is 1. The van der Waals surface area contributed by atoms with Crippen molar-refractivity contribution >= 4 is 12.0 Å². The van der Waals surface area contributed by atoms with Crippen LogP contribution in [0.15, 0.2) is 0 Å². The summed E-state index contributed by atoms with van der Waals surface area (Å²) in [6.45, 7) is 4.10. The van der Waals surface area contributed by atoms with Gasteiger partial charge in [0.05, 0.1) is 6.54 Å². The first-order valence-electron chi connectivity index (χ1n) is 4.78. The summed E-state index contributed by atoms with van der Waals surface area (Å²) in [6, 6.07) is -1.30. The van der Waals surface area contributed by atoms with Crippen LogP contribution in [0.5, 0.6) is 0 Å². The lowest BCUT2D eigenvalue weighted by atomic mass is 10.2. The van der Waals surface area contributed by atoms with Crippen LogP contribution in [-0.4, -0.2) is 41.1 Å². The summed E-state index contributed by atoms with van der Waals surface area (Å²) in [7, 11) is 0. The number of hydrogen-bond acceptors (Lipinski definition) is 2. The van der Waals surface area contributed by atoms with Gasteiger partial charge in [-0.1, -0.05) is 12.8 Å². The summed E-state index contributed by atoms with van der Waals surface area (Å²) in [5, 5.41) is 11.1. The van der Waals surface area contributed by atoms with E-state index in [0.29, 0.717) is 13.0 Å². The SMILES string of the molecule is C#CCN(CC)C(=O)N[C@@H](CC)C(=O)O. The zero-order valence-corrected chi connectivity index (χ0v) is 8.99. The number of aliphatic carboxylic acids is 1. The molecule has 1 atom stereocenters. The number of terminal acetylenes is 1. The Hall–Kier alpha value is -1.70. The second-order valence-corrected chi connectivity index (χ2v) is 2.97. The molecule has 0 unspecified atom stereocenters. The molecule has 0 heterocycles. The van der Waals surface area contributed by atoms with Crippen molar-refractivity contribution in [3.8, 4) is 12.3 Å². The van der Waals surface area contributed by atoms with Crippen LogP contribution in [0.1, 0.15) is 20.3 Å². The standard InChI is InChI=1S/C10H16N2O3/c1-4-7-12(6-3)10(15)11-8(5-2)9(13)14/h1,8H,5-7H2,2-3H3,(H,11,15)(H,13,14)/t8-/m0/s1. The number of carbonyl (C=O) groups is 2. The minimum atomic E-state index is -1.04. The summed E-state index contributed by atoms with van der Waals surface area (Å²) in [6.07, 6.45) is 5.42. The molecule has 0 bridgehead atoms. The first-order chi connectivity index (χ1) is 7.06. The van der Waals surface area contributed by atoms with E-state index in [0.717, 1.165) is 0 Å². The third-order valence-electron chi connectivity index (χ3n) is 1.96. The van der Waals surface area contributed by atoms with Gasteiger partial charge in [-0.3, -0.25) is 0 Å². The third-order valence-corrected chi connectivity index (χ3v) is 1.96. The van der Waals surface area contributed by atoms with Gasteiger partial charge in [0.2, 0.25) is 0 Å². The highest BCUT2D eigenvalue weighted by Gasteiger charge is 2.20. The van der Waals surface area contributed by atoms with Crippen molar-refractivity contribution in [2.24, 2.45) is 0 Å². The smallest absolute Gasteiger partial charge is 0.326 e. The molecule has 2 amide bonds. The number of carboxylic acid groups (broad SMARTS) is 1. The summed E-state index contributed by atoms with van der Waals surface area (Å²) < 4.78 is 0. The molecule has 15 heavy (non-hydrogen) atoms. The van der Waals surface area contributed by atoms with Crippen LogP contribution >= 0.6 is 0 Å². The Morgan fingerprint density at radius 3 is 2.47 bits per heavy atom. The molecule has 0 aromatic heterocycles. The molecule has 0 fully saturated rings. The summed E-state index contributed by atoms with van der Waals surface area (Å²) in [5.74, 6) is 1.30. The highest BCUT2D eigenvalue weighted by Crippen LogP contribution is 1.95. The van der Waals surface area contributed by atoms with Gasteiger partial charge in [0.25, 0.3) is 0 Å². The molecule has 0 aliphatic rings. The normalized spacial score (nSPS) is 11.3. The third kappa shape index (κ3) is 4.36. The maximum absolute atomic E-state index is 11.5. The van der Waals surface area contributed by atoms with Gasteiger partial charge in [0.1, 0.15) is 6.04 Å². The highest BCUT2D eigenvalue weighted by molar-refractivity contribution is 5.82. The van der Waals surface area contributed by atoms with Crippen molar-refractivity contribution < 1.29 is 14.7 Å². The molecule has 0 aromatic rings.